The molecule has 0 bridgehead atoms. The van der Waals surface area contributed by atoms with Gasteiger partial charge in [-0.1, -0.05) is 0 Å². The van der Waals surface area contributed by atoms with Crippen LogP contribution in [0.4, 0.5) is 8.78 Å². The lowest BCUT2D eigenvalue weighted by atomic mass is 10.2. The van der Waals surface area contributed by atoms with Crippen molar-refractivity contribution in [1.82, 2.24) is 14.9 Å². The van der Waals surface area contributed by atoms with Crippen molar-refractivity contribution in [1.29, 1.82) is 0 Å². The molecule has 19 heavy (non-hydrogen) atoms. The Kier molecular flexibility index (Phi) is 3.29. The molecule has 0 amide bonds. The van der Waals surface area contributed by atoms with E-state index in [-0.39, 0.29) is 0 Å². The largest absolute Gasteiger partial charge is 0.333 e. The molecule has 0 unspecified atom stereocenters. The predicted octanol–water partition coefficient (Wildman–Crippen LogP) is 2.46. The Morgan fingerprint density at radius 1 is 1.32 bits per heavy atom. The average molecular weight is 263 g/mol. The molecule has 100 valence electrons. The summed E-state index contributed by atoms with van der Waals surface area (Å²) in [6, 6.07) is 4.12. The fourth-order valence-electron chi connectivity index (χ4n) is 1.98. The molecule has 0 saturated heterocycles. The number of nitrogens with one attached hydrogen (secondary N) is 1. The van der Waals surface area contributed by atoms with Gasteiger partial charge in [0, 0.05) is 24.3 Å². The third kappa shape index (κ3) is 3.17. The van der Waals surface area contributed by atoms with Crippen LogP contribution in [0.15, 0.2) is 30.7 Å². The van der Waals surface area contributed by atoms with E-state index in [9.17, 15) is 8.78 Å². The van der Waals surface area contributed by atoms with Crippen LogP contribution in [0.3, 0.4) is 0 Å². The van der Waals surface area contributed by atoms with Gasteiger partial charge in [0.25, 0.3) is 0 Å². The van der Waals surface area contributed by atoms with E-state index in [1.54, 1.807) is 10.9 Å². The first-order chi connectivity index (χ1) is 9.20. The summed E-state index contributed by atoms with van der Waals surface area (Å²) in [5, 5.41) is 3.36. The summed E-state index contributed by atoms with van der Waals surface area (Å²) in [6.45, 7) is 1.02. The van der Waals surface area contributed by atoms with Crippen LogP contribution in [0.5, 0.6) is 0 Å². The second-order valence-corrected chi connectivity index (χ2v) is 4.93. The average Bonchev–Trinajstić information content (AvgIpc) is 3.12. The van der Waals surface area contributed by atoms with Crippen molar-refractivity contribution in [2.24, 2.45) is 0 Å². The van der Waals surface area contributed by atoms with Crippen LogP contribution in [-0.2, 0) is 13.1 Å². The van der Waals surface area contributed by atoms with Crippen molar-refractivity contribution in [3.05, 3.63) is 53.6 Å². The van der Waals surface area contributed by atoms with Crippen LogP contribution in [0, 0.1) is 11.6 Å². The standard InChI is InChI=1S/C14H15F2N3/c15-11-1-4-14(16)10(5-11)7-19-8-13(18-9-19)6-17-12-2-3-12/h1,4-5,8-9,12,17H,2-3,6-7H2. The van der Waals surface area contributed by atoms with E-state index in [0.29, 0.717) is 18.2 Å². The highest BCUT2D eigenvalue weighted by Gasteiger charge is 2.20. The van der Waals surface area contributed by atoms with Crippen molar-refractivity contribution in [2.45, 2.75) is 32.0 Å². The maximum absolute atomic E-state index is 13.5. The summed E-state index contributed by atoms with van der Waals surface area (Å²) in [7, 11) is 0. The molecular formula is C14H15F2N3. The van der Waals surface area contributed by atoms with E-state index < -0.39 is 11.6 Å². The van der Waals surface area contributed by atoms with Gasteiger partial charge in [-0.15, -0.1) is 0 Å². The Bertz CT molecular complexity index is 576. The maximum atomic E-state index is 13.5. The molecular weight excluding hydrogens is 248 g/mol. The van der Waals surface area contributed by atoms with Gasteiger partial charge < -0.3 is 9.88 Å². The van der Waals surface area contributed by atoms with Gasteiger partial charge in [-0.2, -0.15) is 0 Å². The second kappa shape index (κ2) is 5.09. The highest BCUT2D eigenvalue weighted by atomic mass is 19.1. The molecule has 1 heterocycles. The van der Waals surface area contributed by atoms with Gasteiger partial charge in [0.1, 0.15) is 11.6 Å². The normalized spacial score (nSPS) is 14.8. The number of hydrogen-bond donors (Lipinski definition) is 1. The molecule has 1 aliphatic rings. The van der Waals surface area contributed by atoms with Crippen LogP contribution >= 0.6 is 0 Å². The van der Waals surface area contributed by atoms with Crippen LogP contribution in [0.25, 0.3) is 0 Å². The molecule has 1 aromatic carbocycles. The number of benzene rings is 1. The van der Waals surface area contributed by atoms with Crippen molar-refractivity contribution in [3.8, 4) is 0 Å². The summed E-state index contributed by atoms with van der Waals surface area (Å²) >= 11 is 0. The van der Waals surface area contributed by atoms with Crippen molar-refractivity contribution in [2.75, 3.05) is 0 Å². The fourth-order valence-corrected chi connectivity index (χ4v) is 1.98. The van der Waals surface area contributed by atoms with Gasteiger partial charge in [-0.3, -0.25) is 0 Å². The Labute approximate surface area is 110 Å². The molecule has 0 aliphatic heterocycles. The lowest BCUT2D eigenvalue weighted by molar-refractivity contribution is 0.577. The zero-order valence-corrected chi connectivity index (χ0v) is 10.4. The molecule has 0 spiro atoms. The fraction of sp³-hybridized carbons (Fsp3) is 0.357. The molecule has 1 aliphatic carbocycles. The SMILES string of the molecule is Fc1ccc(F)c(Cn2cnc(CNC3CC3)c2)c1. The number of nitrogens with zero attached hydrogens (tertiary/aromatic N) is 2. The third-order valence-electron chi connectivity index (χ3n) is 3.20. The van der Waals surface area contributed by atoms with Gasteiger partial charge in [0.15, 0.2) is 0 Å². The summed E-state index contributed by atoms with van der Waals surface area (Å²) in [4.78, 5) is 4.25. The zero-order chi connectivity index (χ0) is 13.2. The highest BCUT2D eigenvalue weighted by molar-refractivity contribution is 5.19. The molecule has 0 atom stereocenters. The van der Waals surface area contributed by atoms with Crippen molar-refractivity contribution < 1.29 is 8.78 Å². The molecule has 1 N–H and O–H groups in total. The van der Waals surface area contributed by atoms with Gasteiger partial charge in [-0.05, 0) is 31.0 Å². The first kappa shape index (κ1) is 12.3. The minimum absolute atomic E-state index is 0.292. The van der Waals surface area contributed by atoms with Crippen molar-refractivity contribution >= 4 is 0 Å². The summed E-state index contributed by atoms with van der Waals surface area (Å²) in [5.74, 6) is -0.820. The van der Waals surface area contributed by atoms with Gasteiger partial charge in [-0.25, -0.2) is 13.8 Å². The second-order valence-electron chi connectivity index (χ2n) is 4.93. The zero-order valence-electron chi connectivity index (χ0n) is 10.4. The number of halogens is 2. The summed E-state index contributed by atoms with van der Waals surface area (Å²) in [6.07, 6.45) is 5.97. The quantitative estimate of drug-likeness (QED) is 0.898. The summed E-state index contributed by atoms with van der Waals surface area (Å²) < 4.78 is 28.3. The third-order valence-corrected chi connectivity index (χ3v) is 3.20. The summed E-state index contributed by atoms with van der Waals surface area (Å²) in [5.41, 5.74) is 1.25. The lowest BCUT2D eigenvalue weighted by Crippen LogP contribution is -2.15. The number of hydrogen-bond acceptors (Lipinski definition) is 2. The molecule has 2 aromatic rings. The molecule has 3 nitrogen and oxygen atoms in total. The highest BCUT2D eigenvalue weighted by Crippen LogP contribution is 2.19. The van der Waals surface area contributed by atoms with E-state index in [1.165, 1.54) is 18.9 Å². The Morgan fingerprint density at radius 3 is 2.95 bits per heavy atom. The van der Waals surface area contributed by atoms with Gasteiger partial charge in [0.05, 0.1) is 18.6 Å². The number of imidazole rings is 1. The van der Waals surface area contributed by atoms with Crippen molar-refractivity contribution in [3.63, 3.8) is 0 Å². The van der Waals surface area contributed by atoms with E-state index in [4.69, 9.17) is 0 Å². The first-order valence-corrected chi connectivity index (χ1v) is 6.38. The molecule has 1 aromatic heterocycles. The monoisotopic (exact) mass is 263 g/mol. The smallest absolute Gasteiger partial charge is 0.128 e. The van der Waals surface area contributed by atoms with E-state index in [0.717, 1.165) is 24.4 Å². The number of aromatic nitrogens is 2. The Morgan fingerprint density at radius 2 is 2.16 bits per heavy atom. The minimum Gasteiger partial charge on any atom is -0.333 e. The molecule has 1 saturated carbocycles. The Hall–Kier alpha value is -1.75. The lowest BCUT2D eigenvalue weighted by Gasteiger charge is -2.04. The van der Waals surface area contributed by atoms with Crippen LogP contribution < -0.4 is 5.32 Å². The minimum atomic E-state index is -0.424. The molecule has 0 radical (unpaired) electrons. The van der Waals surface area contributed by atoms with Crippen LogP contribution in [0.1, 0.15) is 24.1 Å². The van der Waals surface area contributed by atoms with Gasteiger partial charge >= 0.3 is 0 Å². The van der Waals surface area contributed by atoms with Crippen LogP contribution in [0.2, 0.25) is 0 Å². The first-order valence-electron chi connectivity index (χ1n) is 6.38. The Balaban J connectivity index is 1.66. The molecule has 3 rings (SSSR count). The molecule has 5 heteroatoms. The van der Waals surface area contributed by atoms with E-state index >= 15 is 0 Å². The predicted molar refractivity (Wildman–Crippen MR) is 67.5 cm³/mol. The van der Waals surface area contributed by atoms with E-state index in [2.05, 4.69) is 10.3 Å². The van der Waals surface area contributed by atoms with Crippen LogP contribution in [-0.4, -0.2) is 15.6 Å². The molecule has 1 fully saturated rings. The van der Waals surface area contributed by atoms with Gasteiger partial charge in [0.2, 0.25) is 0 Å². The number of rotatable bonds is 5. The maximum Gasteiger partial charge on any atom is 0.128 e. The topological polar surface area (TPSA) is 29.9 Å². The van der Waals surface area contributed by atoms with E-state index in [1.807, 2.05) is 6.20 Å².